The van der Waals surface area contributed by atoms with Gasteiger partial charge in [0.1, 0.15) is 0 Å². The van der Waals surface area contributed by atoms with Gasteiger partial charge >= 0.3 is 0 Å². The summed E-state index contributed by atoms with van der Waals surface area (Å²) in [6, 6.07) is 7.60. The van der Waals surface area contributed by atoms with Gasteiger partial charge in [-0.3, -0.25) is 4.98 Å². The fraction of sp³-hybridized carbons (Fsp3) is 0.438. The minimum absolute atomic E-state index is 0.452. The lowest BCUT2D eigenvalue weighted by Crippen LogP contribution is -2.34. The molecule has 1 aromatic heterocycles. The van der Waals surface area contributed by atoms with E-state index in [1.54, 1.807) is 6.20 Å². The molecule has 1 aromatic carbocycles. The van der Waals surface area contributed by atoms with Crippen molar-refractivity contribution in [3.63, 3.8) is 0 Å². The first-order valence-electron chi connectivity index (χ1n) is 6.98. The third-order valence-corrected chi connectivity index (χ3v) is 3.31. The van der Waals surface area contributed by atoms with E-state index in [9.17, 15) is 5.11 Å². The Balaban J connectivity index is 2.21. The van der Waals surface area contributed by atoms with E-state index >= 15 is 0 Å². The van der Waals surface area contributed by atoms with Crippen LogP contribution in [0.3, 0.4) is 0 Å². The van der Waals surface area contributed by atoms with Crippen LogP contribution in [0.4, 0.5) is 11.4 Å². The lowest BCUT2D eigenvalue weighted by Gasteiger charge is -2.26. The van der Waals surface area contributed by atoms with Crippen molar-refractivity contribution in [2.45, 2.75) is 32.8 Å². The number of hydrogen-bond acceptors (Lipinski definition) is 4. The van der Waals surface area contributed by atoms with Crippen molar-refractivity contribution in [1.29, 1.82) is 0 Å². The number of rotatable bonds is 5. The Morgan fingerprint density at radius 3 is 2.80 bits per heavy atom. The van der Waals surface area contributed by atoms with Crippen molar-refractivity contribution in [1.82, 2.24) is 4.98 Å². The summed E-state index contributed by atoms with van der Waals surface area (Å²) < 4.78 is 0. The van der Waals surface area contributed by atoms with Crippen molar-refractivity contribution < 1.29 is 5.11 Å². The molecule has 1 atom stereocenters. The minimum atomic E-state index is -0.739. The van der Waals surface area contributed by atoms with Gasteiger partial charge in [0.2, 0.25) is 0 Å². The van der Waals surface area contributed by atoms with Crippen LogP contribution < -0.4 is 11.1 Å². The molecule has 0 aliphatic carbocycles. The standard InChI is InChI=1S/C16H23N3O/c1-11(2)9-16(3,20)10-19-14-7-6-13(17)12-5-4-8-18-15(12)14/h4-8,11,19-20H,9-10,17H2,1-3H3. The Hall–Kier alpha value is -1.81. The van der Waals surface area contributed by atoms with Crippen molar-refractivity contribution in [2.24, 2.45) is 5.92 Å². The summed E-state index contributed by atoms with van der Waals surface area (Å²) in [4.78, 5) is 4.38. The maximum Gasteiger partial charge on any atom is 0.0953 e. The summed E-state index contributed by atoms with van der Waals surface area (Å²) in [7, 11) is 0. The molecule has 0 aliphatic rings. The lowest BCUT2D eigenvalue weighted by molar-refractivity contribution is 0.0516. The Morgan fingerprint density at radius 1 is 1.35 bits per heavy atom. The maximum absolute atomic E-state index is 10.4. The molecule has 2 rings (SSSR count). The normalized spacial score (nSPS) is 14.4. The number of nitrogens with zero attached hydrogens (tertiary/aromatic N) is 1. The van der Waals surface area contributed by atoms with Crippen molar-refractivity contribution in [2.75, 3.05) is 17.6 Å². The highest BCUT2D eigenvalue weighted by atomic mass is 16.3. The predicted octanol–water partition coefficient (Wildman–Crippen LogP) is 3.03. The second kappa shape index (κ2) is 5.67. The first-order valence-corrected chi connectivity index (χ1v) is 6.98. The van der Waals surface area contributed by atoms with E-state index in [4.69, 9.17) is 5.73 Å². The van der Waals surface area contributed by atoms with Gasteiger partial charge in [-0.15, -0.1) is 0 Å². The average molecular weight is 273 g/mol. The maximum atomic E-state index is 10.4. The molecule has 0 fully saturated rings. The number of nitrogen functional groups attached to an aromatic ring is 1. The first kappa shape index (κ1) is 14.6. The first-order chi connectivity index (χ1) is 9.39. The van der Waals surface area contributed by atoms with Gasteiger partial charge in [0.25, 0.3) is 0 Å². The van der Waals surface area contributed by atoms with Crippen LogP contribution in [-0.4, -0.2) is 22.2 Å². The highest BCUT2D eigenvalue weighted by Gasteiger charge is 2.21. The molecule has 4 heteroatoms. The number of fused-ring (bicyclic) bond motifs is 1. The van der Waals surface area contributed by atoms with Gasteiger partial charge in [-0.05, 0) is 43.5 Å². The van der Waals surface area contributed by atoms with E-state index in [-0.39, 0.29) is 0 Å². The van der Waals surface area contributed by atoms with Gasteiger partial charge in [-0.1, -0.05) is 13.8 Å². The molecule has 0 bridgehead atoms. The van der Waals surface area contributed by atoms with Gasteiger partial charge in [-0.2, -0.15) is 0 Å². The smallest absolute Gasteiger partial charge is 0.0953 e. The van der Waals surface area contributed by atoms with Crippen molar-refractivity contribution >= 4 is 22.3 Å². The summed E-state index contributed by atoms with van der Waals surface area (Å²) in [5.41, 5.74) is 7.67. The van der Waals surface area contributed by atoms with E-state index in [2.05, 4.69) is 24.1 Å². The minimum Gasteiger partial charge on any atom is -0.398 e. The second-order valence-corrected chi connectivity index (χ2v) is 6.05. The summed E-state index contributed by atoms with van der Waals surface area (Å²) in [5.74, 6) is 0.452. The number of anilines is 2. The van der Waals surface area contributed by atoms with Crippen LogP contribution in [0.1, 0.15) is 27.2 Å². The number of nitrogens with two attached hydrogens (primary N) is 1. The summed E-state index contributed by atoms with van der Waals surface area (Å²) >= 11 is 0. The van der Waals surface area contributed by atoms with E-state index in [1.165, 1.54) is 0 Å². The summed E-state index contributed by atoms with van der Waals surface area (Å²) in [6.45, 7) is 6.55. The zero-order valence-electron chi connectivity index (χ0n) is 12.4. The van der Waals surface area contributed by atoms with Gasteiger partial charge in [0.05, 0.1) is 16.8 Å². The van der Waals surface area contributed by atoms with Crippen LogP contribution in [-0.2, 0) is 0 Å². The molecule has 108 valence electrons. The van der Waals surface area contributed by atoms with Crippen LogP contribution >= 0.6 is 0 Å². The van der Waals surface area contributed by atoms with Crippen LogP contribution in [0.5, 0.6) is 0 Å². The molecule has 1 unspecified atom stereocenters. The number of nitrogens with one attached hydrogen (secondary N) is 1. The zero-order chi connectivity index (χ0) is 14.8. The average Bonchev–Trinajstić information content (AvgIpc) is 2.37. The van der Waals surface area contributed by atoms with Crippen molar-refractivity contribution in [3.05, 3.63) is 30.5 Å². The molecule has 4 N–H and O–H groups in total. The molecular weight excluding hydrogens is 250 g/mol. The number of pyridine rings is 1. The molecule has 20 heavy (non-hydrogen) atoms. The number of aliphatic hydroxyl groups is 1. The fourth-order valence-corrected chi connectivity index (χ4v) is 2.57. The second-order valence-electron chi connectivity index (χ2n) is 6.05. The lowest BCUT2D eigenvalue weighted by atomic mass is 9.94. The van der Waals surface area contributed by atoms with Gasteiger partial charge in [-0.25, -0.2) is 0 Å². The van der Waals surface area contributed by atoms with E-state index in [1.807, 2.05) is 31.2 Å². The van der Waals surface area contributed by atoms with Crippen molar-refractivity contribution in [3.8, 4) is 0 Å². The van der Waals surface area contributed by atoms with E-state index in [0.29, 0.717) is 18.2 Å². The largest absolute Gasteiger partial charge is 0.398 e. The third kappa shape index (κ3) is 3.39. The molecule has 0 aliphatic heterocycles. The van der Waals surface area contributed by atoms with Crippen LogP contribution in [0.25, 0.3) is 10.9 Å². The number of benzene rings is 1. The topological polar surface area (TPSA) is 71.2 Å². The quantitative estimate of drug-likeness (QED) is 0.732. The Labute approximate surface area is 120 Å². The number of hydrogen-bond donors (Lipinski definition) is 3. The highest BCUT2D eigenvalue weighted by Crippen LogP contribution is 2.27. The van der Waals surface area contributed by atoms with E-state index in [0.717, 1.165) is 23.0 Å². The Morgan fingerprint density at radius 2 is 2.10 bits per heavy atom. The fourth-order valence-electron chi connectivity index (χ4n) is 2.57. The monoisotopic (exact) mass is 273 g/mol. The van der Waals surface area contributed by atoms with Gasteiger partial charge in [0.15, 0.2) is 0 Å². The summed E-state index contributed by atoms with van der Waals surface area (Å²) in [5, 5.41) is 14.6. The highest BCUT2D eigenvalue weighted by molar-refractivity contribution is 5.98. The Bertz CT molecular complexity index is 593. The van der Waals surface area contributed by atoms with Crippen LogP contribution in [0, 0.1) is 5.92 Å². The van der Waals surface area contributed by atoms with Gasteiger partial charge in [0, 0.05) is 23.8 Å². The predicted molar refractivity (Wildman–Crippen MR) is 84.7 cm³/mol. The molecule has 0 radical (unpaired) electrons. The molecule has 1 heterocycles. The van der Waals surface area contributed by atoms with Gasteiger partial charge < -0.3 is 16.2 Å². The molecule has 0 saturated carbocycles. The summed E-state index contributed by atoms with van der Waals surface area (Å²) in [6.07, 6.45) is 2.50. The molecule has 0 amide bonds. The molecule has 4 nitrogen and oxygen atoms in total. The molecular formula is C16H23N3O. The van der Waals surface area contributed by atoms with Crippen LogP contribution in [0.2, 0.25) is 0 Å². The van der Waals surface area contributed by atoms with Crippen LogP contribution in [0.15, 0.2) is 30.5 Å². The zero-order valence-corrected chi connectivity index (χ0v) is 12.4. The molecule has 0 spiro atoms. The molecule has 2 aromatic rings. The molecule has 0 saturated heterocycles. The van der Waals surface area contributed by atoms with E-state index < -0.39 is 5.60 Å². The third-order valence-electron chi connectivity index (χ3n) is 3.31. The SMILES string of the molecule is CC(C)CC(C)(O)CNc1ccc(N)c2cccnc12. The Kier molecular flexibility index (Phi) is 4.14. The number of aromatic nitrogens is 1.